The molecule has 1 heterocycles. The molecule has 0 saturated heterocycles. The molecule has 0 saturated carbocycles. The van der Waals surface area contributed by atoms with E-state index in [1.165, 1.54) is 11.1 Å². The van der Waals surface area contributed by atoms with Crippen molar-refractivity contribution in [1.82, 2.24) is 10.6 Å². The van der Waals surface area contributed by atoms with Crippen LogP contribution in [0.15, 0.2) is 18.2 Å². The lowest BCUT2D eigenvalue weighted by Crippen LogP contribution is -2.34. The van der Waals surface area contributed by atoms with E-state index in [9.17, 15) is 4.79 Å². The van der Waals surface area contributed by atoms with Crippen molar-refractivity contribution in [3.63, 3.8) is 0 Å². The summed E-state index contributed by atoms with van der Waals surface area (Å²) in [6.07, 6.45) is 0.968. The third-order valence-corrected chi connectivity index (χ3v) is 3.39. The van der Waals surface area contributed by atoms with E-state index in [1.54, 1.807) is 0 Å². The number of benzene rings is 1. The van der Waals surface area contributed by atoms with Gasteiger partial charge in [0.15, 0.2) is 0 Å². The first-order valence-corrected chi connectivity index (χ1v) is 6.93. The molecular weight excluding hydrogens is 240 g/mol. The number of hydrogen-bond acceptors (Lipinski definition) is 3. The summed E-state index contributed by atoms with van der Waals surface area (Å²) in [6.45, 7) is 6.93. The first-order chi connectivity index (χ1) is 9.22. The number of hydrogen-bond donors (Lipinski definition) is 2. The summed E-state index contributed by atoms with van der Waals surface area (Å²) in [6, 6.07) is 5.94. The van der Waals surface area contributed by atoms with Crippen LogP contribution in [0.2, 0.25) is 0 Å². The minimum Gasteiger partial charge on any atom is -0.377 e. The van der Waals surface area contributed by atoms with Crippen LogP contribution < -0.4 is 10.6 Å². The van der Waals surface area contributed by atoms with Crippen molar-refractivity contribution in [2.45, 2.75) is 32.9 Å². The van der Waals surface area contributed by atoms with Gasteiger partial charge in [-0.1, -0.05) is 12.1 Å². The fourth-order valence-electron chi connectivity index (χ4n) is 2.42. The zero-order chi connectivity index (χ0) is 13.7. The smallest absolute Gasteiger partial charge is 0.251 e. The van der Waals surface area contributed by atoms with Gasteiger partial charge >= 0.3 is 0 Å². The Morgan fingerprint density at radius 2 is 2.37 bits per heavy atom. The van der Waals surface area contributed by atoms with Gasteiger partial charge in [0.05, 0.1) is 6.10 Å². The molecule has 1 unspecified atom stereocenters. The van der Waals surface area contributed by atoms with Crippen LogP contribution in [0.25, 0.3) is 0 Å². The number of nitrogens with one attached hydrogen (secondary N) is 2. The molecule has 104 valence electrons. The molecule has 0 spiro atoms. The Labute approximate surface area is 114 Å². The Balaban J connectivity index is 2.03. The van der Waals surface area contributed by atoms with E-state index in [4.69, 9.17) is 4.74 Å². The Kier molecular flexibility index (Phi) is 4.93. The van der Waals surface area contributed by atoms with E-state index in [0.29, 0.717) is 13.2 Å². The zero-order valence-corrected chi connectivity index (χ0v) is 11.7. The van der Waals surface area contributed by atoms with Crippen LogP contribution in [0.5, 0.6) is 0 Å². The highest BCUT2D eigenvalue weighted by molar-refractivity contribution is 5.96. The van der Waals surface area contributed by atoms with Gasteiger partial charge in [-0.3, -0.25) is 4.79 Å². The highest BCUT2D eigenvalue weighted by Crippen LogP contribution is 2.18. The highest BCUT2D eigenvalue weighted by atomic mass is 16.5. The molecule has 1 amide bonds. The third kappa shape index (κ3) is 3.55. The van der Waals surface area contributed by atoms with Gasteiger partial charge < -0.3 is 15.4 Å². The average Bonchev–Trinajstić information content (AvgIpc) is 2.44. The van der Waals surface area contributed by atoms with Crippen LogP contribution in [0, 0.1) is 0 Å². The van der Waals surface area contributed by atoms with Crippen LogP contribution in [0.4, 0.5) is 0 Å². The first kappa shape index (κ1) is 14.0. The fraction of sp³-hybridized carbons (Fsp3) is 0.533. The molecule has 1 aliphatic heterocycles. The predicted octanol–water partition coefficient (Wildman–Crippen LogP) is 1.49. The zero-order valence-electron chi connectivity index (χ0n) is 11.7. The second-order valence-corrected chi connectivity index (χ2v) is 4.85. The van der Waals surface area contributed by atoms with Crippen molar-refractivity contribution >= 4 is 5.91 Å². The third-order valence-electron chi connectivity index (χ3n) is 3.39. The second-order valence-electron chi connectivity index (χ2n) is 4.85. The normalized spacial score (nSPS) is 15.7. The minimum absolute atomic E-state index is 0.00491. The summed E-state index contributed by atoms with van der Waals surface area (Å²) in [5.41, 5.74) is 3.22. The second kappa shape index (κ2) is 6.68. The number of carbonyl (C=O) groups excluding carboxylic acids is 1. The molecule has 4 heteroatoms. The molecule has 0 fully saturated rings. The van der Waals surface area contributed by atoms with Crippen LogP contribution >= 0.6 is 0 Å². The van der Waals surface area contributed by atoms with Crippen molar-refractivity contribution in [1.29, 1.82) is 0 Å². The van der Waals surface area contributed by atoms with Gasteiger partial charge in [0.2, 0.25) is 0 Å². The molecule has 0 radical (unpaired) electrons. The van der Waals surface area contributed by atoms with Crippen LogP contribution in [-0.2, 0) is 17.7 Å². The number of amides is 1. The molecule has 0 aliphatic carbocycles. The Morgan fingerprint density at radius 1 is 1.53 bits per heavy atom. The summed E-state index contributed by atoms with van der Waals surface area (Å²) < 4.78 is 5.42. The number of carbonyl (C=O) groups is 1. The molecule has 0 aromatic heterocycles. The maximum atomic E-state index is 12.2. The van der Waals surface area contributed by atoms with Crippen molar-refractivity contribution in [3.8, 4) is 0 Å². The molecule has 1 aromatic rings. The maximum Gasteiger partial charge on any atom is 0.251 e. The van der Waals surface area contributed by atoms with Crippen molar-refractivity contribution in [3.05, 3.63) is 34.9 Å². The van der Waals surface area contributed by atoms with Crippen LogP contribution in [-0.4, -0.2) is 31.7 Å². The van der Waals surface area contributed by atoms with Gasteiger partial charge in [-0.15, -0.1) is 0 Å². The molecule has 2 N–H and O–H groups in total. The molecule has 0 bridgehead atoms. The Bertz CT molecular complexity index is 446. The molecule has 1 aromatic carbocycles. The largest absolute Gasteiger partial charge is 0.377 e. The van der Waals surface area contributed by atoms with Crippen molar-refractivity contribution in [2.75, 3.05) is 19.7 Å². The van der Waals surface area contributed by atoms with Crippen LogP contribution in [0.3, 0.4) is 0 Å². The van der Waals surface area contributed by atoms with Crippen LogP contribution in [0.1, 0.15) is 35.3 Å². The first-order valence-electron chi connectivity index (χ1n) is 6.93. The fourth-order valence-corrected chi connectivity index (χ4v) is 2.42. The van der Waals surface area contributed by atoms with E-state index < -0.39 is 0 Å². The van der Waals surface area contributed by atoms with Gasteiger partial charge in [0, 0.05) is 25.3 Å². The maximum absolute atomic E-state index is 12.2. The van der Waals surface area contributed by atoms with E-state index in [0.717, 1.165) is 25.1 Å². The van der Waals surface area contributed by atoms with Gasteiger partial charge in [-0.25, -0.2) is 0 Å². The molecular formula is C15H22N2O2. The SMILES string of the molecule is CCOC(C)CNC(=O)c1cccc2c1CCNC2. The van der Waals surface area contributed by atoms with E-state index in [2.05, 4.69) is 16.7 Å². The predicted molar refractivity (Wildman–Crippen MR) is 75.3 cm³/mol. The molecule has 4 nitrogen and oxygen atoms in total. The highest BCUT2D eigenvalue weighted by Gasteiger charge is 2.17. The van der Waals surface area contributed by atoms with Gasteiger partial charge in [-0.2, -0.15) is 0 Å². The van der Waals surface area contributed by atoms with Gasteiger partial charge in [0.1, 0.15) is 0 Å². The molecule has 1 atom stereocenters. The lowest BCUT2D eigenvalue weighted by Gasteiger charge is -2.20. The number of fused-ring (bicyclic) bond motifs is 1. The lowest BCUT2D eigenvalue weighted by atomic mass is 9.95. The quantitative estimate of drug-likeness (QED) is 0.845. The Hall–Kier alpha value is -1.39. The summed E-state index contributed by atoms with van der Waals surface area (Å²) in [5, 5.41) is 6.27. The average molecular weight is 262 g/mol. The number of rotatable bonds is 5. The molecule has 2 rings (SSSR count). The van der Waals surface area contributed by atoms with E-state index in [-0.39, 0.29) is 12.0 Å². The van der Waals surface area contributed by atoms with Crippen molar-refractivity contribution < 1.29 is 9.53 Å². The lowest BCUT2D eigenvalue weighted by molar-refractivity contribution is 0.0694. The molecule has 19 heavy (non-hydrogen) atoms. The van der Waals surface area contributed by atoms with Crippen molar-refractivity contribution in [2.24, 2.45) is 0 Å². The minimum atomic E-state index is 0.00491. The number of ether oxygens (including phenoxy) is 1. The summed E-state index contributed by atoms with van der Waals surface area (Å²) in [4.78, 5) is 12.2. The topological polar surface area (TPSA) is 50.4 Å². The molecule has 1 aliphatic rings. The van der Waals surface area contributed by atoms with E-state index in [1.807, 2.05) is 26.0 Å². The van der Waals surface area contributed by atoms with E-state index >= 15 is 0 Å². The summed E-state index contributed by atoms with van der Waals surface area (Å²) in [7, 11) is 0. The Morgan fingerprint density at radius 3 is 3.16 bits per heavy atom. The standard InChI is InChI=1S/C15H22N2O2/c1-3-19-11(2)9-17-15(18)14-6-4-5-12-10-16-8-7-13(12)14/h4-6,11,16H,3,7-10H2,1-2H3,(H,17,18). The van der Waals surface area contributed by atoms with Gasteiger partial charge in [0.25, 0.3) is 5.91 Å². The monoisotopic (exact) mass is 262 g/mol. The summed E-state index contributed by atoms with van der Waals surface area (Å²) >= 11 is 0. The van der Waals surface area contributed by atoms with Gasteiger partial charge in [-0.05, 0) is 44.0 Å². The summed E-state index contributed by atoms with van der Waals surface area (Å²) in [5.74, 6) is 0.00491.